The summed E-state index contributed by atoms with van der Waals surface area (Å²) < 4.78 is 95.2. The predicted molar refractivity (Wildman–Crippen MR) is 163 cm³/mol. The number of nitrogens with one attached hydrogen (secondary N) is 1. The molecule has 0 spiro atoms. The first kappa shape index (κ1) is 32.2. The first-order valence-electron chi connectivity index (χ1n) is 14.1. The van der Waals surface area contributed by atoms with Crippen molar-refractivity contribution in [2.45, 2.75) is 36.7 Å². The highest BCUT2D eigenvalue weighted by Crippen LogP contribution is 2.27. The number of pyridine rings is 2. The van der Waals surface area contributed by atoms with E-state index in [0.29, 0.717) is 35.6 Å². The standard InChI is InChI=1S/C28H26F3N9O5S2/c1-46(42,43)38-6-4-20(5-7-38)36-28-34-13-19-9-23(25(30)31)27(41)39(26(19)37-28)14-17-8-18(12-32-11-17)22-3-2-21(10-24(22)29)47(44,45)40-16-33-15-35-40/h2-3,8-13,15-16,20,25H,4-7,14H2,1H3,(H,34,36,37). The summed E-state index contributed by atoms with van der Waals surface area (Å²) in [6.45, 7) is 0.341. The lowest BCUT2D eigenvalue weighted by atomic mass is 10.1. The van der Waals surface area contributed by atoms with Crippen LogP contribution in [0.25, 0.3) is 22.2 Å². The van der Waals surface area contributed by atoms with Gasteiger partial charge in [0.05, 0.1) is 23.3 Å². The monoisotopic (exact) mass is 689 g/mol. The van der Waals surface area contributed by atoms with E-state index in [4.69, 9.17) is 0 Å². The Morgan fingerprint density at radius 2 is 1.79 bits per heavy atom. The van der Waals surface area contributed by atoms with Crippen molar-refractivity contribution in [3.63, 3.8) is 0 Å². The average molecular weight is 690 g/mol. The number of benzene rings is 1. The van der Waals surface area contributed by atoms with Crippen molar-refractivity contribution in [3.8, 4) is 11.1 Å². The highest BCUT2D eigenvalue weighted by Gasteiger charge is 2.26. The fourth-order valence-corrected chi connectivity index (χ4v) is 7.22. The number of anilines is 1. The maximum atomic E-state index is 15.3. The zero-order chi connectivity index (χ0) is 33.5. The minimum Gasteiger partial charge on any atom is -0.351 e. The van der Waals surface area contributed by atoms with Crippen LogP contribution in [-0.4, -0.2) is 80.2 Å². The lowest BCUT2D eigenvalue weighted by Crippen LogP contribution is -2.42. The third-order valence-corrected chi connectivity index (χ3v) is 10.5. The summed E-state index contributed by atoms with van der Waals surface area (Å²) in [7, 11) is -7.50. The highest BCUT2D eigenvalue weighted by atomic mass is 32.2. The summed E-state index contributed by atoms with van der Waals surface area (Å²) in [6.07, 6.45) is 5.06. The van der Waals surface area contributed by atoms with Gasteiger partial charge in [-0.05, 0) is 42.7 Å². The molecular formula is C28H26F3N9O5S2. The summed E-state index contributed by atoms with van der Waals surface area (Å²) in [5.74, 6) is -0.749. The third-order valence-electron chi connectivity index (χ3n) is 7.67. The minimum atomic E-state index is -4.18. The Hall–Kier alpha value is -4.75. The topological polar surface area (TPSA) is 175 Å². The zero-order valence-electron chi connectivity index (χ0n) is 24.5. The number of hydrogen-bond donors (Lipinski definition) is 1. The molecule has 0 unspecified atom stereocenters. The van der Waals surface area contributed by atoms with Gasteiger partial charge in [-0.2, -0.15) is 13.4 Å². The maximum Gasteiger partial charge on any atom is 0.284 e. The van der Waals surface area contributed by atoms with Gasteiger partial charge in [-0.25, -0.2) is 35.9 Å². The van der Waals surface area contributed by atoms with E-state index in [1.165, 1.54) is 41.1 Å². The van der Waals surface area contributed by atoms with Crippen molar-refractivity contribution in [1.82, 2.24) is 38.0 Å². The Morgan fingerprint density at radius 3 is 2.45 bits per heavy atom. The quantitative estimate of drug-likeness (QED) is 0.241. The molecule has 5 heterocycles. The molecule has 1 saturated heterocycles. The van der Waals surface area contributed by atoms with Crippen molar-refractivity contribution in [3.05, 3.63) is 88.9 Å². The van der Waals surface area contributed by atoms with Crippen LogP contribution in [0.5, 0.6) is 0 Å². The first-order chi connectivity index (χ1) is 22.3. The van der Waals surface area contributed by atoms with Crippen molar-refractivity contribution in [1.29, 1.82) is 0 Å². The molecule has 0 amide bonds. The lowest BCUT2D eigenvalue weighted by Gasteiger charge is -2.30. The Bertz CT molecular complexity index is 2240. The molecule has 1 aliphatic heterocycles. The zero-order valence-corrected chi connectivity index (χ0v) is 26.2. The molecule has 6 rings (SSSR count). The van der Waals surface area contributed by atoms with E-state index < -0.39 is 43.4 Å². The molecule has 0 bridgehead atoms. The van der Waals surface area contributed by atoms with Crippen LogP contribution in [0, 0.1) is 5.82 Å². The van der Waals surface area contributed by atoms with E-state index in [2.05, 4.69) is 30.4 Å². The molecule has 19 heteroatoms. The second kappa shape index (κ2) is 12.5. The van der Waals surface area contributed by atoms with Crippen molar-refractivity contribution in [2.24, 2.45) is 0 Å². The van der Waals surface area contributed by atoms with Gasteiger partial charge in [-0.15, -0.1) is 9.19 Å². The second-order valence-electron chi connectivity index (χ2n) is 10.8. The van der Waals surface area contributed by atoms with Crippen LogP contribution in [-0.2, 0) is 26.6 Å². The first-order valence-corrected chi connectivity index (χ1v) is 17.3. The van der Waals surface area contributed by atoms with Crippen LogP contribution in [0.1, 0.15) is 30.4 Å². The Kier molecular flexibility index (Phi) is 8.53. The van der Waals surface area contributed by atoms with Gasteiger partial charge < -0.3 is 5.32 Å². The van der Waals surface area contributed by atoms with Crippen LogP contribution >= 0.6 is 0 Å². The van der Waals surface area contributed by atoms with Crippen molar-refractivity contribution in [2.75, 3.05) is 24.7 Å². The van der Waals surface area contributed by atoms with Gasteiger partial charge in [0.15, 0.2) is 0 Å². The van der Waals surface area contributed by atoms with E-state index >= 15 is 4.39 Å². The average Bonchev–Trinajstić information content (AvgIpc) is 3.59. The SMILES string of the molecule is CS(=O)(=O)N1CCC(Nc2ncc3cc(C(F)F)c(=O)n(Cc4cncc(-c5ccc(S(=O)(=O)n6cncn6)cc5F)c4)c3n2)CC1. The van der Waals surface area contributed by atoms with Crippen molar-refractivity contribution < 1.29 is 30.0 Å². The smallest absolute Gasteiger partial charge is 0.284 e. The number of hydrogen-bond acceptors (Lipinski definition) is 11. The summed E-state index contributed by atoms with van der Waals surface area (Å²) in [5.41, 5.74) is -1.09. The Morgan fingerprint density at radius 1 is 1.02 bits per heavy atom. The number of piperidine rings is 1. The van der Waals surface area contributed by atoms with Gasteiger partial charge in [-0.1, -0.05) is 6.07 Å². The molecule has 0 radical (unpaired) electrons. The van der Waals surface area contributed by atoms with Gasteiger partial charge >= 0.3 is 0 Å². The molecule has 0 atom stereocenters. The van der Waals surface area contributed by atoms with Gasteiger partial charge in [0.2, 0.25) is 16.0 Å². The molecule has 4 aromatic heterocycles. The van der Waals surface area contributed by atoms with E-state index in [9.17, 15) is 30.4 Å². The van der Waals surface area contributed by atoms with Gasteiger partial charge in [0.25, 0.3) is 22.0 Å². The van der Waals surface area contributed by atoms with Crippen LogP contribution in [0.2, 0.25) is 0 Å². The largest absolute Gasteiger partial charge is 0.351 e. The number of halogens is 3. The number of nitrogens with zero attached hydrogens (tertiary/aromatic N) is 8. The number of fused-ring (bicyclic) bond motifs is 1. The molecule has 1 N–H and O–H groups in total. The van der Waals surface area contributed by atoms with Crippen LogP contribution in [0.15, 0.2) is 71.3 Å². The number of alkyl halides is 2. The molecular weight excluding hydrogens is 663 g/mol. The second-order valence-corrected chi connectivity index (χ2v) is 14.6. The molecule has 1 aromatic carbocycles. The molecule has 5 aromatic rings. The molecule has 1 aliphatic rings. The number of rotatable bonds is 9. The summed E-state index contributed by atoms with van der Waals surface area (Å²) in [4.78, 5) is 29.4. The highest BCUT2D eigenvalue weighted by molar-refractivity contribution is 7.89. The van der Waals surface area contributed by atoms with Crippen LogP contribution < -0.4 is 10.9 Å². The van der Waals surface area contributed by atoms with E-state index in [0.717, 1.165) is 35.6 Å². The van der Waals surface area contributed by atoms with Crippen molar-refractivity contribution >= 4 is 37.0 Å². The number of aromatic nitrogens is 7. The van der Waals surface area contributed by atoms with E-state index in [1.54, 1.807) is 0 Å². The van der Waals surface area contributed by atoms with E-state index in [1.807, 2.05) is 0 Å². The maximum absolute atomic E-state index is 15.3. The normalized spacial score (nSPS) is 15.0. The van der Waals surface area contributed by atoms with E-state index in [-0.39, 0.29) is 45.6 Å². The van der Waals surface area contributed by atoms with Crippen LogP contribution in [0.4, 0.5) is 19.1 Å². The Labute approximate surface area is 266 Å². The summed E-state index contributed by atoms with van der Waals surface area (Å²) in [5, 5.41) is 6.91. The van der Waals surface area contributed by atoms with Gasteiger partial charge in [0, 0.05) is 54.2 Å². The summed E-state index contributed by atoms with van der Waals surface area (Å²) >= 11 is 0. The molecule has 14 nitrogen and oxygen atoms in total. The number of sulfonamides is 1. The fraction of sp³-hybridized carbons (Fsp3) is 0.286. The van der Waals surface area contributed by atoms with Crippen LogP contribution in [0.3, 0.4) is 0 Å². The fourth-order valence-electron chi connectivity index (χ4n) is 5.29. The third kappa shape index (κ3) is 6.58. The predicted octanol–water partition coefficient (Wildman–Crippen LogP) is 2.64. The molecule has 246 valence electrons. The molecule has 0 aliphatic carbocycles. The molecule has 0 saturated carbocycles. The van der Waals surface area contributed by atoms with Gasteiger partial charge in [-0.3, -0.25) is 14.3 Å². The minimum absolute atomic E-state index is 0.00570. The van der Waals surface area contributed by atoms with Gasteiger partial charge in [0.1, 0.15) is 24.1 Å². The summed E-state index contributed by atoms with van der Waals surface area (Å²) in [6, 6.07) is 5.65. The lowest BCUT2D eigenvalue weighted by molar-refractivity contribution is 0.149. The molecule has 47 heavy (non-hydrogen) atoms. The Balaban J connectivity index is 1.31. The molecule has 1 fully saturated rings.